The molecule has 1 saturated heterocycles. The summed E-state index contributed by atoms with van der Waals surface area (Å²) in [7, 11) is 0. The number of halogens is 2. The van der Waals surface area contributed by atoms with Gasteiger partial charge in [0.1, 0.15) is 11.6 Å². The second-order valence-electron chi connectivity index (χ2n) is 5.68. The Bertz CT molecular complexity index is 436. The number of nitrogens with two attached hydrogens (primary N) is 1. The van der Waals surface area contributed by atoms with Crippen molar-refractivity contribution in [1.29, 1.82) is 0 Å². The molecule has 2 atom stereocenters. The topological polar surface area (TPSA) is 29.3 Å². The third-order valence-electron chi connectivity index (χ3n) is 4.26. The second kappa shape index (κ2) is 7.14. The predicted molar refractivity (Wildman–Crippen MR) is 77.4 cm³/mol. The van der Waals surface area contributed by atoms with Crippen molar-refractivity contribution in [2.24, 2.45) is 5.73 Å². The molecule has 0 spiro atoms. The highest BCUT2D eigenvalue weighted by Gasteiger charge is 2.23. The summed E-state index contributed by atoms with van der Waals surface area (Å²) >= 11 is 0. The van der Waals surface area contributed by atoms with Crippen molar-refractivity contribution < 1.29 is 8.78 Å². The first-order valence-electron chi connectivity index (χ1n) is 7.56. The maximum atomic E-state index is 13.8. The van der Waals surface area contributed by atoms with E-state index in [0.717, 1.165) is 19.0 Å². The molecule has 112 valence electrons. The molecule has 0 saturated carbocycles. The van der Waals surface area contributed by atoms with Crippen LogP contribution in [0.2, 0.25) is 0 Å². The minimum Gasteiger partial charge on any atom is -0.323 e. The first kappa shape index (κ1) is 15.4. The fraction of sp³-hybridized carbons (Fsp3) is 0.625. The van der Waals surface area contributed by atoms with Gasteiger partial charge in [-0.05, 0) is 31.9 Å². The van der Waals surface area contributed by atoms with Crippen molar-refractivity contribution in [2.45, 2.75) is 51.1 Å². The van der Waals surface area contributed by atoms with E-state index < -0.39 is 17.7 Å². The maximum absolute atomic E-state index is 13.8. The van der Waals surface area contributed by atoms with Crippen LogP contribution in [-0.4, -0.2) is 24.0 Å². The third-order valence-corrected chi connectivity index (χ3v) is 4.26. The lowest BCUT2D eigenvalue weighted by Crippen LogP contribution is -2.39. The maximum Gasteiger partial charge on any atom is 0.130 e. The molecule has 0 radical (unpaired) electrons. The van der Waals surface area contributed by atoms with Gasteiger partial charge in [0, 0.05) is 30.3 Å². The SMILES string of the molecule is CCC1CCCCCN1CC(N)c1ccc(F)cc1F. The van der Waals surface area contributed by atoms with E-state index in [-0.39, 0.29) is 0 Å². The molecule has 0 amide bonds. The van der Waals surface area contributed by atoms with E-state index >= 15 is 0 Å². The van der Waals surface area contributed by atoms with Crippen LogP contribution in [0, 0.1) is 11.6 Å². The fourth-order valence-corrected chi connectivity index (χ4v) is 3.09. The van der Waals surface area contributed by atoms with E-state index in [1.807, 2.05) is 0 Å². The van der Waals surface area contributed by atoms with Gasteiger partial charge in [0.25, 0.3) is 0 Å². The van der Waals surface area contributed by atoms with Crippen LogP contribution < -0.4 is 5.73 Å². The predicted octanol–water partition coefficient (Wildman–Crippen LogP) is 3.62. The van der Waals surface area contributed by atoms with Gasteiger partial charge in [-0.2, -0.15) is 0 Å². The number of benzene rings is 1. The van der Waals surface area contributed by atoms with Gasteiger partial charge in [-0.25, -0.2) is 8.78 Å². The summed E-state index contributed by atoms with van der Waals surface area (Å²) in [4.78, 5) is 2.38. The number of nitrogens with zero attached hydrogens (tertiary/aromatic N) is 1. The van der Waals surface area contributed by atoms with E-state index in [4.69, 9.17) is 5.73 Å². The smallest absolute Gasteiger partial charge is 0.130 e. The highest BCUT2D eigenvalue weighted by Crippen LogP contribution is 2.23. The normalized spacial score (nSPS) is 22.5. The van der Waals surface area contributed by atoms with E-state index in [1.165, 1.54) is 37.8 Å². The molecule has 2 nitrogen and oxygen atoms in total. The van der Waals surface area contributed by atoms with Crippen molar-refractivity contribution in [1.82, 2.24) is 4.90 Å². The average molecular weight is 282 g/mol. The number of rotatable bonds is 4. The Morgan fingerprint density at radius 2 is 2.10 bits per heavy atom. The van der Waals surface area contributed by atoms with Gasteiger partial charge >= 0.3 is 0 Å². The molecule has 1 fully saturated rings. The monoisotopic (exact) mass is 282 g/mol. The van der Waals surface area contributed by atoms with Gasteiger partial charge in [-0.1, -0.05) is 25.8 Å². The number of likely N-dealkylation sites (tertiary alicyclic amines) is 1. The molecule has 0 aromatic heterocycles. The van der Waals surface area contributed by atoms with Crippen molar-refractivity contribution in [3.05, 3.63) is 35.4 Å². The molecule has 0 bridgehead atoms. The third kappa shape index (κ3) is 3.76. The highest BCUT2D eigenvalue weighted by atomic mass is 19.1. The lowest BCUT2D eigenvalue weighted by molar-refractivity contribution is 0.182. The van der Waals surface area contributed by atoms with Crippen LogP contribution in [0.15, 0.2) is 18.2 Å². The Kier molecular flexibility index (Phi) is 5.49. The summed E-state index contributed by atoms with van der Waals surface area (Å²) in [6, 6.07) is 3.79. The van der Waals surface area contributed by atoms with E-state index in [0.29, 0.717) is 18.2 Å². The second-order valence-corrected chi connectivity index (χ2v) is 5.68. The first-order chi connectivity index (χ1) is 9.61. The van der Waals surface area contributed by atoms with Crippen LogP contribution in [-0.2, 0) is 0 Å². The van der Waals surface area contributed by atoms with Crippen molar-refractivity contribution in [3.63, 3.8) is 0 Å². The molecule has 1 aromatic carbocycles. The van der Waals surface area contributed by atoms with Crippen LogP contribution in [0.5, 0.6) is 0 Å². The molecule has 1 aromatic rings. The Hall–Kier alpha value is -1.00. The van der Waals surface area contributed by atoms with Crippen molar-refractivity contribution in [3.8, 4) is 0 Å². The van der Waals surface area contributed by atoms with Gasteiger partial charge in [0.2, 0.25) is 0 Å². The summed E-state index contributed by atoms with van der Waals surface area (Å²) in [6.07, 6.45) is 5.98. The average Bonchev–Trinajstić information content (AvgIpc) is 2.63. The van der Waals surface area contributed by atoms with E-state index in [9.17, 15) is 8.78 Å². The van der Waals surface area contributed by atoms with Crippen molar-refractivity contribution >= 4 is 0 Å². The van der Waals surface area contributed by atoms with Crippen LogP contribution in [0.1, 0.15) is 50.6 Å². The Labute approximate surface area is 120 Å². The number of hydrogen-bond donors (Lipinski definition) is 1. The van der Waals surface area contributed by atoms with Crippen LogP contribution in [0.3, 0.4) is 0 Å². The number of hydrogen-bond acceptors (Lipinski definition) is 2. The first-order valence-corrected chi connectivity index (χ1v) is 7.56. The van der Waals surface area contributed by atoms with E-state index in [2.05, 4.69) is 11.8 Å². The molecule has 4 heteroatoms. The lowest BCUT2D eigenvalue weighted by Gasteiger charge is -2.31. The molecular formula is C16H24F2N2. The molecule has 1 heterocycles. The zero-order valence-corrected chi connectivity index (χ0v) is 12.1. The summed E-state index contributed by atoms with van der Waals surface area (Å²) in [5.74, 6) is -1.10. The summed E-state index contributed by atoms with van der Waals surface area (Å²) in [5, 5.41) is 0. The van der Waals surface area contributed by atoms with Crippen LogP contribution in [0.25, 0.3) is 0 Å². The molecule has 0 aliphatic carbocycles. The molecule has 20 heavy (non-hydrogen) atoms. The van der Waals surface area contributed by atoms with Gasteiger partial charge in [0.15, 0.2) is 0 Å². The molecular weight excluding hydrogens is 258 g/mol. The molecule has 2 N–H and O–H groups in total. The zero-order chi connectivity index (χ0) is 14.5. The van der Waals surface area contributed by atoms with Gasteiger partial charge in [-0.3, -0.25) is 4.90 Å². The van der Waals surface area contributed by atoms with Gasteiger partial charge < -0.3 is 5.73 Å². The largest absolute Gasteiger partial charge is 0.323 e. The highest BCUT2D eigenvalue weighted by molar-refractivity contribution is 5.22. The van der Waals surface area contributed by atoms with Crippen molar-refractivity contribution in [2.75, 3.05) is 13.1 Å². The van der Waals surface area contributed by atoms with E-state index in [1.54, 1.807) is 0 Å². The molecule has 1 aliphatic rings. The summed E-state index contributed by atoms with van der Waals surface area (Å²) in [6.45, 7) is 3.85. The summed E-state index contributed by atoms with van der Waals surface area (Å²) in [5.41, 5.74) is 6.55. The Morgan fingerprint density at radius 3 is 2.80 bits per heavy atom. The molecule has 2 rings (SSSR count). The quantitative estimate of drug-likeness (QED) is 0.914. The Morgan fingerprint density at radius 1 is 1.30 bits per heavy atom. The van der Waals surface area contributed by atoms with Gasteiger partial charge in [-0.15, -0.1) is 0 Å². The van der Waals surface area contributed by atoms with Crippen LogP contribution in [0.4, 0.5) is 8.78 Å². The molecule has 1 aliphatic heterocycles. The minimum absolute atomic E-state index is 0.400. The summed E-state index contributed by atoms with van der Waals surface area (Å²) < 4.78 is 26.7. The standard InChI is InChI=1S/C16H24F2N2/c1-2-13-6-4-3-5-9-20(13)11-16(19)14-8-7-12(17)10-15(14)18/h7-8,10,13,16H,2-6,9,11,19H2,1H3. The lowest BCUT2D eigenvalue weighted by atomic mass is 10.0. The fourth-order valence-electron chi connectivity index (χ4n) is 3.09. The van der Waals surface area contributed by atoms with Crippen LogP contribution >= 0.6 is 0 Å². The van der Waals surface area contributed by atoms with Gasteiger partial charge in [0.05, 0.1) is 0 Å². The minimum atomic E-state index is -0.556. The Balaban J connectivity index is 2.06. The zero-order valence-electron chi connectivity index (χ0n) is 12.1. The molecule has 2 unspecified atom stereocenters.